The smallest absolute Gasteiger partial charge is 0.220 e. The second-order valence-corrected chi connectivity index (χ2v) is 5.96. The topological polar surface area (TPSA) is 52.6 Å². The van der Waals surface area contributed by atoms with E-state index in [-0.39, 0.29) is 5.91 Å². The number of rotatable bonds is 15. The summed E-state index contributed by atoms with van der Waals surface area (Å²) in [7, 11) is 2.12. The lowest BCUT2D eigenvalue weighted by Crippen LogP contribution is -2.33. The molecule has 0 aromatic carbocycles. The molecule has 0 radical (unpaired) electrons. The van der Waals surface area contributed by atoms with E-state index in [4.69, 9.17) is 5.11 Å². The first-order valence-corrected chi connectivity index (χ1v) is 8.76. The van der Waals surface area contributed by atoms with Gasteiger partial charge in [-0.3, -0.25) is 4.79 Å². The van der Waals surface area contributed by atoms with Crippen LogP contribution < -0.4 is 5.32 Å². The van der Waals surface area contributed by atoms with Crippen molar-refractivity contribution in [2.75, 3.05) is 33.3 Å². The van der Waals surface area contributed by atoms with Crippen molar-refractivity contribution >= 4 is 5.91 Å². The number of carbonyl (C=O) groups excluding carboxylic acids is 1. The van der Waals surface area contributed by atoms with Gasteiger partial charge in [-0.05, 0) is 32.9 Å². The number of nitrogens with zero attached hydrogens (tertiary/aromatic N) is 1. The standard InChI is InChI=1S/C17H36N2O2/c1-3-4-12-17(21)18-13-15-19(2)14-10-8-6-5-7-9-11-16-20/h20H,3-16H2,1-2H3,(H,18,21). The SMILES string of the molecule is CCCCC(=O)NCCN(C)CCCCCCCCCO. The van der Waals surface area contributed by atoms with Crippen LogP contribution in [0.4, 0.5) is 0 Å². The second kappa shape index (κ2) is 15.8. The first kappa shape index (κ1) is 20.4. The molecule has 21 heavy (non-hydrogen) atoms. The van der Waals surface area contributed by atoms with E-state index in [1.54, 1.807) is 0 Å². The van der Waals surface area contributed by atoms with Gasteiger partial charge in [0.15, 0.2) is 0 Å². The Bertz CT molecular complexity index is 235. The van der Waals surface area contributed by atoms with Crippen molar-refractivity contribution in [3.05, 3.63) is 0 Å². The number of carbonyl (C=O) groups is 1. The molecule has 0 saturated heterocycles. The largest absolute Gasteiger partial charge is 0.396 e. The summed E-state index contributed by atoms with van der Waals surface area (Å²) in [5.41, 5.74) is 0. The molecule has 0 saturated carbocycles. The predicted molar refractivity (Wildman–Crippen MR) is 89.4 cm³/mol. The van der Waals surface area contributed by atoms with Gasteiger partial charge in [-0.15, -0.1) is 0 Å². The molecule has 0 fully saturated rings. The fourth-order valence-electron chi connectivity index (χ4n) is 2.30. The summed E-state index contributed by atoms with van der Waals surface area (Å²) in [5.74, 6) is 0.188. The summed E-state index contributed by atoms with van der Waals surface area (Å²) in [4.78, 5) is 13.7. The molecule has 0 bridgehead atoms. The zero-order valence-electron chi connectivity index (χ0n) is 14.2. The van der Waals surface area contributed by atoms with Gasteiger partial charge in [-0.2, -0.15) is 0 Å². The summed E-state index contributed by atoms with van der Waals surface area (Å²) >= 11 is 0. The summed E-state index contributed by atoms with van der Waals surface area (Å²) < 4.78 is 0. The third kappa shape index (κ3) is 15.6. The minimum absolute atomic E-state index is 0.188. The van der Waals surface area contributed by atoms with Gasteiger partial charge < -0.3 is 15.3 Å². The second-order valence-electron chi connectivity index (χ2n) is 5.96. The van der Waals surface area contributed by atoms with Crippen molar-refractivity contribution in [2.45, 2.75) is 71.1 Å². The number of unbranched alkanes of at least 4 members (excludes halogenated alkanes) is 7. The van der Waals surface area contributed by atoms with Crippen molar-refractivity contribution in [1.82, 2.24) is 10.2 Å². The number of aliphatic hydroxyl groups excluding tert-OH is 1. The Morgan fingerprint density at radius 1 is 0.952 bits per heavy atom. The predicted octanol–water partition coefficient (Wildman–Crippen LogP) is 2.95. The molecule has 0 aromatic heterocycles. The monoisotopic (exact) mass is 300 g/mol. The van der Waals surface area contributed by atoms with Gasteiger partial charge in [0.05, 0.1) is 0 Å². The molecule has 1 amide bonds. The highest BCUT2D eigenvalue weighted by molar-refractivity contribution is 5.75. The Morgan fingerprint density at radius 3 is 2.19 bits per heavy atom. The molecule has 126 valence electrons. The normalized spacial score (nSPS) is 11.0. The molecule has 0 aliphatic rings. The van der Waals surface area contributed by atoms with Gasteiger partial charge in [0, 0.05) is 26.1 Å². The van der Waals surface area contributed by atoms with Crippen molar-refractivity contribution < 1.29 is 9.90 Å². The molecule has 0 unspecified atom stereocenters. The molecule has 4 nitrogen and oxygen atoms in total. The zero-order valence-corrected chi connectivity index (χ0v) is 14.2. The van der Waals surface area contributed by atoms with Gasteiger partial charge in [0.1, 0.15) is 0 Å². The average Bonchev–Trinajstić information content (AvgIpc) is 2.48. The molecule has 0 atom stereocenters. The zero-order chi connectivity index (χ0) is 15.8. The van der Waals surface area contributed by atoms with Gasteiger partial charge >= 0.3 is 0 Å². The van der Waals surface area contributed by atoms with E-state index in [1.807, 2.05) is 0 Å². The van der Waals surface area contributed by atoms with Gasteiger partial charge in [-0.1, -0.05) is 45.4 Å². The van der Waals surface area contributed by atoms with E-state index >= 15 is 0 Å². The van der Waals surface area contributed by atoms with Gasteiger partial charge in [0.25, 0.3) is 0 Å². The molecule has 0 aliphatic heterocycles. The lowest BCUT2D eigenvalue weighted by molar-refractivity contribution is -0.121. The number of amides is 1. The highest BCUT2D eigenvalue weighted by Gasteiger charge is 2.01. The van der Waals surface area contributed by atoms with Crippen LogP contribution in [0.1, 0.15) is 71.1 Å². The van der Waals surface area contributed by atoms with Crippen LogP contribution in [0.25, 0.3) is 0 Å². The molecule has 4 heteroatoms. The first-order valence-electron chi connectivity index (χ1n) is 8.76. The van der Waals surface area contributed by atoms with E-state index < -0.39 is 0 Å². The van der Waals surface area contributed by atoms with Gasteiger partial charge in [0.2, 0.25) is 5.91 Å². The molecule has 0 rings (SSSR count). The fraction of sp³-hybridized carbons (Fsp3) is 0.941. The Balaban J connectivity index is 3.26. The van der Waals surface area contributed by atoms with Gasteiger partial charge in [-0.25, -0.2) is 0 Å². The third-order valence-corrected chi connectivity index (χ3v) is 3.77. The van der Waals surface area contributed by atoms with E-state index in [2.05, 4.69) is 24.2 Å². The number of hydrogen-bond acceptors (Lipinski definition) is 3. The van der Waals surface area contributed by atoms with Crippen molar-refractivity contribution in [3.63, 3.8) is 0 Å². The van der Waals surface area contributed by atoms with E-state index in [9.17, 15) is 4.79 Å². The third-order valence-electron chi connectivity index (χ3n) is 3.77. The van der Waals surface area contributed by atoms with Crippen molar-refractivity contribution in [1.29, 1.82) is 0 Å². The van der Waals surface area contributed by atoms with Crippen LogP contribution in [-0.2, 0) is 4.79 Å². The summed E-state index contributed by atoms with van der Waals surface area (Å²) in [5, 5.41) is 11.7. The molecule has 0 spiro atoms. The summed E-state index contributed by atoms with van der Waals surface area (Å²) in [6, 6.07) is 0. The fourth-order valence-corrected chi connectivity index (χ4v) is 2.30. The molecule has 0 aromatic rings. The number of likely N-dealkylation sites (N-methyl/N-ethyl adjacent to an activating group) is 1. The Labute approximate surface area is 131 Å². The average molecular weight is 300 g/mol. The first-order chi connectivity index (χ1) is 10.2. The lowest BCUT2D eigenvalue weighted by Gasteiger charge is -2.16. The molecule has 0 heterocycles. The minimum Gasteiger partial charge on any atom is -0.396 e. The molecular weight excluding hydrogens is 264 g/mol. The highest BCUT2D eigenvalue weighted by atomic mass is 16.2. The summed E-state index contributed by atoms with van der Waals surface area (Å²) in [6.45, 7) is 5.25. The Morgan fingerprint density at radius 2 is 1.57 bits per heavy atom. The van der Waals surface area contributed by atoms with Crippen LogP contribution in [0.5, 0.6) is 0 Å². The molecule has 0 aliphatic carbocycles. The quantitative estimate of drug-likeness (QED) is 0.457. The number of hydrogen-bond donors (Lipinski definition) is 2. The molecular formula is C17H36N2O2. The van der Waals surface area contributed by atoms with Crippen LogP contribution in [0.15, 0.2) is 0 Å². The summed E-state index contributed by atoms with van der Waals surface area (Å²) in [6.07, 6.45) is 11.2. The van der Waals surface area contributed by atoms with Crippen LogP contribution in [0.3, 0.4) is 0 Å². The maximum atomic E-state index is 11.4. The lowest BCUT2D eigenvalue weighted by atomic mass is 10.1. The van der Waals surface area contributed by atoms with Crippen molar-refractivity contribution in [3.8, 4) is 0 Å². The van der Waals surface area contributed by atoms with E-state index in [1.165, 1.54) is 32.1 Å². The van der Waals surface area contributed by atoms with Crippen molar-refractivity contribution in [2.24, 2.45) is 0 Å². The van der Waals surface area contributed by atoms with E-state index in [0.29, 0.717) is 13.0 Å². The van der Waals surface area contributed by atoms with Crippen LogP contribution in [0, 0.1) is 0 Å². The number of nitrogens with one attached hydrogen (secondary N) is 1. The maximum absolute atomic E-state index is 11.4. The Hall–Kier alpha value is -0.610. The maximum Gasteiger partial charge on any atom is 0.220 e. The number of aliphatic hydroxyl groups is 1. The van der Waals surface area contributed by atoms with E-state index in [0.717, 1.165) is 45.3 Å². The van der Waals surface area contributed by atoms with Crippen LogP contribution in [-0.4, -0.2) is 49.2 Å². The minimum atomic E-state index is 0.188. The highest BCUT2D eigenvalue weighted by Crippen LogP contribution is 2.07. The van der Waals surface area contributed by atoms with Crippen LogP contribution in [0.2, 0.25) is 0 Å². The Kier molecular flexibility index (Phi) is 15.3. The van der Waals surface area contributed by atoms with Crippen LogP contribution >= 0.6 is 0 Å². The molecule has 2 N–H and O–H groups in total.